The molecule has 8 nitrogen and oxygen atoms in total. The number of para-hydroxylation sites is 1. The van der Waals surface area contributed by atoms with E-state index in [2.05, 4.69) is 54.0 Å². The van der Waals surface area contributed by atoms with Crippen LogP contribution in [-0.2, 0) is 0 Å². The number of nitrogens with zero attached hydrogens (tertiary/aromatic N) is 5. The molecule has 1 saturated heterocycles. The van der Waals surface area contributed by atoms with Crippen molar-refractivity contribution in [3.05, 3.63) is 65.2 Å². The number of benzene rings is 1. The third kappa shape index (κ3) is 4.55. The van der Waals surface area contributed by atoms with Gasteiger partial charge in [0.1, 0.15) is 5.65 Å². The van der Waals surface area contributed by atoms with Gasteiger partial charge in [0.05, 0.1) is 17.8 Å². The third-order valence-electron chi connectivity index (χ3n) is 5.88. The van der Waals surface area contributed by atoms with E-state index in [0.717, 1.165) is 56.5 Å². The number of pyridine rings is 2. The zero-order valence-electron chi connectivity index (χ0n) is 17.9. The summed E-state index contributed by atoms with van der Waals surface area (Å²) in [6, 6.07) is 14.0. The minimum atomic E-state index is -0.182. The van der Waals surface area contributed by atoms with Crippen LogP contribution in [0.25, 0.3) is 21.9 Å². The molecule has 5 rings (SSSR count). The summed E-state index contributed by atoms with van der Waals surface area (Å²) < 4.78 is 5.68. The number of hydrogen-bond donors (Lipinski definition) is 1. The largest absolute Gasteiger partial charge is 0.463 e. The van der Waals surface area contributed by atoms with Crippen molar-refractivity contribution in [3.63, 3.8) is 0 Å². The Morgan fingerprint density at radius 2 is 1.81 bits per heavy atom. The van der Waals surface area contributed by atoms with Gasteiger partial charge in [0.15, 0.2) is 0 Å². The fraction of sp³-hybridized carbons (Fsp3) is 0.333. The number of rotatable bonds is 7. The van der Waals surface area contributed by atoms with Gasteiger partial charge in [-0.3, -0.25) is 14.7 Å². The predicted octanol–water partition coefficient (Wildman–Crippen LogP) is 2.85. The number of H-pyrrole nitrogens is 1. The lowest BCUT2D eigenvalue weighted by Crippen LogP contribution is -2.46. The van der Waals surface area contributed by atoms with E-state index in [1.807, 2.05) is 12.3 Å². The highest BCUT2D eigenvalue weighted by Crippen LogP contribution is 2.25. The van der Waals surface area contributed by atoms with Gasteiger partial charge in [0.2, 0.25) is 5.56 Å². The average molecular weight is 431 g/mol. The first kappa shape index (κ1) is 20.4. The molecule has 1 aromatic carbocycles. The second-order valence-corrected chi connectivity index (χ2v) is 8.02. The van der Waals surface area contributed by atoms with E-state index >= 15 is 0 Å². The number of ether oxygens (including phenoxy) is 1. The molecule has 0 bridgehead atoms. The van der Waals surface area contributed by atoms with Crippen LogP contribution in [0.2, 0.25) is 0 Å². The molecule has 32 heavy (non-hydrogen) atoms. The molecule has 1 fully saturated rings. The minimum absolute atomic E-state index is 0.182. The van der Waals surface area contributed by atoms with Gasteiger partial charge in [-0.1, -0.05) is 18.2 Å². The molecule has 3 aromatic heterocycles. The first-order valence-corrected chi connectivity index (χ1v) is 11.1. The Balaban J connectivity index is 1.06. The van der Waals surface area contributed by atoms with Gasteiger partial charge in [0, 0.05) is 55.4 Å². The normalized spacial score (nSPS) is 14.8. The van der Waals surface area contributed by atoms with Crippen molar-refractivity contribution in [2.45, 2.75) is 12.8 Å². The van der Waals surface area contributed by atoms with Crippen LogP contribution >= 0.6 is 0 Å². The van der Waals surface area contributed by atoms with Crippen LogP contribution < -0.4 is 15.2 Å². The topological polar surface area (TPSA) is 87.2 Å². The first-order valence-electron chi connectivity index (χ1n) is 11.1. The maximum Gasteiger partial charge on any atom is 0.318 e. The molecular formula is C24H26N6O2. The van der Waals surface area contributed by atoms with Crippen molar-refractivity contribution < 1.29 is 4.74 Å². The molecule has 1 aliphatic heterocycles. The molecule has 8 heteroatoms. The number of piperazine rings is 1. The molecule has 4 aromatic rings. The van der Waals surface area contributed by atoms with E-state index in [4.69, 9.17) is 4.74 Å². The third-order valence-corrected chi connectivity index (χ3v) is 5.88. The van der Waals surface area contributed by atoms with Gasteiger partial charge < -0.3 is 14.6 Å². The van der Waals surface area contributed by atoms with Crippen molar-refractivity contribution in [3.8, 4) is 6.01 Å². The van der Waals surface area contributed by atoms with Gasteiger partial charge in [-0.25, -0.2) is 4.98 Å². The minimum Gasteiger partial charge on any atom is -0.463 e. The Labute approximate surface area is 185 Å². The van der Waals surface area contributed by atoms with Crippen molar-refractivity contribution in [2.75, 3.05) is 44.2 Å². The van der Waals surface area contributed by atoms with Gasteiger partial charge in [-0.2, -0.15) is 4.98 Å². The number of unbranched alkanes of at least 4 members (excludes halogenated alkanes) is 1. The Kier molecular flexibility index (Phi) is 5.93. The van der Waals surface area contributed by atoms with Gasteiger partial charge >= 0.3 is 6.01 Å². The lowest BCUT2D eigenvalue weighted by molar-refractivity contribution is 0.234. The highest BCUT2D eigenvalue weighted by atomic mass is 16.5. The molecule has 164 valence electrons. The quantitative estimate of drug-likeness (QED) is 0.451. The molecule has 0 spiro atoms. The van der Waals surface area contributed by atoms with Crippen LogP contribution in [-0.4, -0.2) is 64.2 Å². The van der Waals surface area contributed by atoms with Crippen LogP contribution in [0.15, 0.2) is 59.7 Å². The molecule has 0 atom stereocenters. The number of aromatic amines is 1. The van der Waals surface area contributed by atoms with Crippen molar-refractivity contribution in [1.82, 2.24) is 24.8 Å². The zero-order valence-corrected chi connectivity index (χ0v) is 17.9. The Morgan fingerprint density at radius 3 is 2.72 bits per heavy atom. The summed E-state index contributed by atoms with van der Waals surface area (Å²) in [6.07, 6.45) is 5.52. The zero-order chi connectivity index (χ0) is 21.8. The number of aromatic nitrogens is 4. The van der Waals surface area contributed by atoms with Crippen LogP contribution in [0, 0.1) is 0 Å². The Morgan fingerprint density at radius 1 is 0.938 bits per heavy atom. The van der Waals surface area contributed by atoms with E-state index in [0.29, 0.717) is 18.3 Å². The smallest absolute Gasteiger partial charge is 0.318 e. The van der Waals surface area contributed by atoms with Crippen molar-refractivity contribution in [2.24, 2.45) is 0 Å². The molecule has 1 aliphatic rings. The summed E-state index contributed by atoms with van der Waals surface area (Å²) in [5.41, 5.74) is 2.63. The van der Waals surface area contributed by atoms with E-state index in [1.165, 1.54) is 17.1 Å². The average Bonchev–Trinajstić information content (AvgIpc) is 2.83. The summed E-state index contributed by atoms with van der Waals surface area (Å²) in [5.74, 6) is 0. The maximum atomic E-state index is 11.4. The van der Waals surface area contributed by atoms with E-state index in [1.54, 1.807) is 12.3 Å². The lowest BCUT2D eigenvalue weighted by Gasteiger charge is -2.36. The monoisotopic (exact) mass is 430 g/mol. The summed E-state index contributed by atoms with van der Waals surface area (Å²) >= 11 is 0. The Hall–Kier alpha value is -3.52. The van der Waals surface area contributed by atoms with E-state index in [-0.39, 0.29) is 5.56 Å². The molecule has 0 amide bonds. The predicted molar refractivity (Wildman–Crippen MR) is 125 cm³/mol. The van der Waals surface area contributed by atoms with Crippen molar-refractivity contribution >= 4 is 27.6 Å². The SMILES string of the molecule is O=c1ccc2cnc(OCCCCN3CCN(c4cccc5cccnc45)CC3)nc2[nH]1. The number of hydrogen-bond acceptors (Lipinski definition) is 7. The first-order chi connectivity index (χ1) is 15.8. The van der Waals surface area contributed by atoms with Gasteiger partial charge in [-0.05, 0) is 37.6 Å². The molecule has 0 saturated carbocycles. The Bertz CT molecular complexity index is 1260. The standard InChI is InChI=1S/C24H26N6O2/c31-21-9-8-19-17-26-24(28-23(19)27-21)32-16-2-1-11-29-12-14-30(15-13-29)20-7-3-5-18-6-4-10-25-22(18)20/h3-10,17H,1-2,11-16H2,(H,26,27,28,31). The van der Waals surface area contributed by atoms with E-state index in [9.17, 15) is 4.79 Å². The molecular weight excluding hydrogens is 404 g/mol. The highest BCUT2D eigenvalue weighted by molar-refractivity contribution is 5.90. The summed E-state index contributed by atoms with van der Waals surface area (Å²) in [7, 11) is 0. The fourth-order valence-corrected chi connectivity index (χ4v) is 4.15. The molecule has 0 radical (unpaired) electrons. The second kappa shape index (κ2) is 9.32. The summed E-state index contributed by atoms with van der Waals surface area (Å²) in [5, 5.41) is 1.98. The fourth-order valence-electron chi connectivity index (χ4n) is 4.15. The van der Waals surface area contributed by atoms with Gasteiger partial charge in [-0.15, -0.1) is 0 Å². The lowest BCUT2D eigenvalue weighted by atomic mass is 10.1. The number of anilines is 1. The summed E-state index contributed by atoms with van der Waals surface area (Å²) in [4.78, 5) is 32.2. The van der Waals surface area contributed by atoms with Crippen LogP contribution in [0.1, 0.15) is 12.8 Å². The number of nitrogens with one attached hydrogen (secondary N) is 1. The molecule has 1 N–H and O–H groups in total. The summed E-state index contributed by atoms with van der Waals surface area (Å²) in [6.45, 7) is 5.72. The number of fused-ring (bicyclic) bond motifs is 2. The van der Waals surface area contributed by atoms with E-state index < -0.39 is 0 Å². The highest BCUT2D eigenvalue weighted by Gasteiger charge is 2.18. The van der Waals surface area contributed by atoms with Crippen LogP contribution in [0.4, 0.5) is 5.69 Å². The van der Waals surface area contributed by atoms with Gasteiger partial charge in [0.25, 0.3) is 0 Å². The van der Waals surface area contributed by atoms with Crippen molar-refractivity contribution in [1.29, 1.82) is 0 Å². The second-order valence-electron chi connectivity index (χ2n) is 8.02. The molecule has 0 aliphatic carbocycles. The van der Waals surface area contributed by atoms with Crippen LogP contribution in [0.5, 0.6) is 6.01 Å². The molecule has 0 unspecified atom stereocenters. The van der Waals surface area contributed by atoms with Crippen LogP contribution in [0.3, 0.4) is 0 Å². The maximum absolute atomic E-state index is 11.4. The molecule has 4 heterocycles.